The molecule has 0 unspecified atom stereocenters. The normalized spacial score (nSPS) is 21.0. The van der Waals surface area contributed by atoms with Crippen molar-refractivity contribution in [1.82, 2.24) is 10.6 Å². The minimum absolute atomic E-state index is 0. The summed E-state index contributed by atoms with van der Waals surface area (Å²) in [6.45, 7) is 4.88. The lowest BCUT2D eigenvalue weighted by Gasteiger charge is -2.32. The maximum atomic E-state index is 13.4. The van der Waals surface area contributed by atoms with E-state index in [1.165, 1.54) is 31.7 Å². The number of hydrogen-bond donors (Lipinski definition) is 3. The van der Waals surface area contributed by atoms with E-state index in [0.29, 0.717) is 18.2 Å². The van der Waals surface area contributed by atoms with Crippen LogP contribution in [0.2, 0.25) is 0 Å². The topological polar surface area (TPSA) is 56.7 Å². The van der Waals surface area contributed by atoms with Crippen molar-refractivity contribution < 1.29 is 9.50 Å². The SMILES string of the molecule is CN=C(NCc1ccc(F)c(CO)c1)NC1CCC(C(C)C)CC1.I. The number of aliphatic imine (C=N–C) groups is 1. The molecule has 142 valence electrons. The van der Waals surface area contributed by atoms with Crippen LogP contribution in [0, 0.1) is 17.7 Å². The molecule has 25 heavy (non-hydrogen) atoms. The Hall–Kier alpha value is -0.890. The highest BCUT2D eigenvalue weighted by Gasteiger charge is 2.23. The van der Waals surface area contributed by atoms with E-state index in [2.05, 4.69) is 29.5 Å². The first-order valence-corrected chi connectivity index (χ1v) is 8.88. The zero-order chi connectivity index (χ0) is 17.5. The summed E-state index contributed by atoms with van der Waals surface area (Å²) in [5.41, 5.74) is 1.25. The predicted molar refractivity (Wildman–Crippen MR) is 112 cm³/mol. The third-order valence-corrected chi connectivity index (χ3v) is 5.02. The van der Waals surface area contributed by atoms with Crippen molar-refractivity contribution in [2.24, 2.45) is 16.8 Å². The molecule has 0 atom stereocenters. The highest BCUT2D eigenvalue weighted by Crippen LogP contribution is 2.29. The van der Waals surface area contributed by atoms with E-state index >= 15 is 0 Å². The number of halogens is 2. The molecule has 1 aromatic carbocycles. The molecule has 0 bridgehead atoms. The van der Waals surface area contributed by atoms with Crippen LogP contribution in [0.15, 0.2) is 23.2 Å². The van der Waals surface area contributed by atoms with Gasteiger partial charge in [0.1, 0.15) is 5.82 Å². The fourth-order valence-electron chi connectivity index (χ4n) is 3.36. The summed E-state index contributed by atoms with van der Waals surface area (Å²) >= 11 is 0. The van der Waals surface area contributed by atoms with Gasteiger partial charge in [0.2, 0.25) is 0 Å². The van der Waals surface area contributed by atoms with Crippen LogP contribution in [0.25, 0.3) is 0 Å². The molecule has 4 nitrogen and oxygen atoms in total. The highest BCUT2D eigenvalue weighted by molar-refractivity contribution is 14.0. The quantitative estimate of drug-likeness (QED) is 0.354. The Kier molecular flexibility index (Phi) is 9.71. The zero-order valence-corrected chi connectivity index (χ0v) is 17.7. The van der Waals surface area contributed by atoms with E-state index in [1.54, 1.807) is 19.2 Å². The molecule has 0 saturated heterocycles. The zero-order valence-electron chi connectivity index (χ0n) is 15.4. The fourth-order valence-corrected chi connectivity index (χ4v) is 3.36. The average molecular weight is 463 g/mol. The molecule has 3 N–H and O–H groups in total. The second kappa shape index (κ2) is 11.0. The molecule has 0 spiro atoms. The molecule has 0 aromatic heterocycles. The molecule has 1 aromatic rings. The molecule has 0 amide bonds. The molecule has 0 radical (unpaired) electrons. The standard InChI is InChI=1S/C19H30FN3O.HI/c1-13(2)15-5-7-17(8-6-15)23-19(21-3)22-11-14-4-9-18(20)16(10-14)12-24;/h4,9-10,13,15,17,24H,5-8,11-12H2,1-3H3,(H2,21,22,23);1H. The Bertz CT molecular complexity index is 558. The molecule has 6 heteroatoms. The van der Waals surface area contributed by atoms with Gasteiger partial charge in [-0.15, -0.1) is 24.0 Å². The third-order valence-electron chi connectivity index (χ3n) is 5.02. The van der Waals surface area contributed by atoms with Crippen LogP contribution >= 0.6 is 24.0 Å². The van der Waals surface area contributed by atoms with Gasteiger partial charge in [-0.1, -0.05) is 19.9 Å². The van der Waals surface area contributed by atoms with E-state index in [1.807, 2.05) is 0 Å². The third kappa shape index (κ3) is 6.73. The Morgan fingerprint density at radius 1 is 1.28 bits per heavy atom. The average Bonchev–Trinajstić information content (AvgIpc) is 2.60. The summed E-state index contributed by atoms with van der Waals surface area (Å²) < 4.78 is 13.4. The smallest absolute Gasteiger partial charge is 0.191 e. The monoisotopic (exact) mass is 463 g/mol. The Morgan fingerprint density at radius 2 is 1.96 bits per heavy atom. The molecule has 0 aliphatic heterocycles. The highest BCUT2D eigenvalue weighted by atomic mass is 127. The van der Waals surface area contributed by atoms with Crippen molar-refractivity contribution in [3.05, 3.63) is 35.1 Å². The van der Waals surface area contributed by atoms with Crippen LogP contribution < -0.4 is 10.6 Å². The van der Waals surface area contributed by atoms with Crippen LogP contribution in [0.4, 0.5) is 4.39 Å². The first-order chi connectivity index (χ1) is 11.5. The van der Waals surface area contributed by atoms with Gasteiger partial charge < -0.3 is 15.7 Å². The number of aliphatic hydroxyl groups is 1. The van der Waals surface area contributed by atoms with Gasteiger partial charge in [-0.25, -0.2) is 4.39 Å². The fraction of sp³-hybridized carbons (Fsp3) is 0.632. The van der Waals surface area contributed by atoms with Crippen molar-refractivity contribution in [3.8, 4) is 0 Å². The van der Waals surface area contributed by atoms with E-state index in [0.717, 1.165) is 23.4 Å². The van der Waals surface area contributed by atoms with E-state index in [4.69, 9.17) is 5.11 Å². The maximum absolute atomic E-state index is 13.4. The number of benzene rings is 1. The minimum atomic E-state index is -0.370. The number of nitrogens with one attached hydrogen (secondary N) is 2. The molecule has 1 fully saturated rings. The lowest BCUT2D eigenvalue weighted by Crippen LogP contribution is -2.44. The predicted octanol–water partition coefficient (Wildman–Crippen LogP) is 3.82. The minimum Gasteiger partial charge on any atom is -0.392 e. The van der Waals surface area contributed by atoms with Crippen LogP contribution in [0.3, 0.4) is 0 Å². The van der Waals surface area contributed by atoms with Crippen LogP contribution in [-0.2, 0) is 13.2 Å². The summed E-state index contributed by atoms with van der Waals surface area (Å²) in [6, 6.07) is 5.27. The Morgan fingerprint density at radius 3 is 2.52 bits per heavy atom. The Balaban J connectivity index is 0.00000312. The van der Waals surface area contributed by atoms with Gasteiger partial charge >= 0.3 is 0 Å². The summed E-state index contributed by atoms with van der Waals surface area (Å²) in [7, 11) is 1.76. The molecular weight excluding hydrogens is 432 g/mol. The van der Waals surface area contributed by atoms with Crippen molar-refractivity contribution in [2.45, 2.75) is 58.7 Å². The molecule has 0 heterocycles. The lowest BCUT2D eigenvalue weighted by atomic mass is 9.80. The van der Waals surface area contributed by atoms with Gasteiger partial charge in [-0.3, -0.25) is 4.99 Å². The first kappa shape index (κ1) is 22.2. The number of hydrogen-bond acceptors (Lipinski definition) is 2. The van der Waals surface area contributed by atoms with Gasteiger partial charge in [0, 0.05) is 25.2 Å². The second-order valence-electron chi connectivity index (χ2n) is 7.01. The van der Waals surface area contributed by atoms with E-state index in [9.17, 15) is 4.39 Å². The van der Waals surface area contributed by atoms with Crippen molar-refractivity contribution in [1.29, 1.82) is 0 Å². The molecule has 1 aliphatic carbocycles. The van der Waals surface area contributed by atoms with Gasteiger partial charge in [0.15, 0.2) is 5.96 Å². The summed E-state index contributed by atoms with van der Waals surface area (Å²) in [5, 5.41) is 15.9. The summed E-state index contributed by atoms with van der Waals surface area (Å²) in [4.78, 5) is 4.28. The molecule has 2 rings (SSSR count). The van der Waals surface area contributed by atoms with E-state index < -0.39 is 0 Å². The van der Waals surface area contributed by atoms with Crippen molar-refractivity contribution >= 4 is 29.9 Å². The molecule has 1 saturated carbocycles. The first-order valence-electron chi connectivity index (χ1n) is 8.88. The second-order valence-corrected chi connectivity index (χ2v) is 7.01. The largest absolute Gasteiger partial charge is 0.392 e. The number of aliphatic hydroxyl groups excluding tert-OH is 1. The van der Waals surface area contributed by atoms with Crippen LogP contribution in [0.1, 0.15) is 50.7 Å². The van der Waals surface area contributed by atoms with Crippen LogP contribution in [0.5, 0.6) is 0 Å². The van der Waals surface area contributed by atoms with E-state index in [-0.39, 0.29) is 36.4 Å². The maximum Gasteiger partial charge on any atom is 0.191 e. The molecular formula is C19H31FIN3O. The number of rotatable bonds is 5. The summed E-state index contributed by atoms with van der Waals surface area (Å²) in [5.74, 6) is 2.01. The van der Waals surface area contributed by atoms with Gasteiger partial charge in [0.05, 0.1) is 6.61 Å². The van der Waals surface area contributed by atoms with Crippen molar-refractivity contribution in [2.75, 3.05) is 7.05 Å². The van der Waals surface area contributed by atoms with Gasteiger partial charge in [0.25, 0.3) is 0 Å². The number of guanidine groups is 1. The van der Waals surface area contributed by atoms with Crippen molar-refractivity contribution in [3.63, 3.8) is 0 Å². The Labute approximate surface area is 167 Å². The van der Waals surface area contributed by atoms with Gasteiger partial charge in [-0.05, 0) is 55.2 Å². The molecule has 1 aliphatic rings. The van der Waals surface area contributed by atoms with Gasteiger partial charge in [-0.2, -0.15) is 0 Å². The van der Waals surface area contributed by atoms with Crippen LogP contribution in [-0.4, -0.2) is 24.2 Å². The summed E-state index contributed by atoms with van der Waals surface area (Å²) in [6.07, 6.45) is 4.89. The number of nitrogens with zero attached hydrogens (tertiary/aromatic N) is 1. The lowest BCUT2D eigenvalue weighted by molar-refractivity contribution is 0.250.